The van der Waals surface area contributed by atoms with Gasteiger partial charge in [0.2, 0.25) is 0 Å². The summed E-state index contributed by atoms with van der Waals surface area (Å²) in [7, 11) is 1.35. The number of piperidine rings is 1. The number of rotatable bonds is 2. The number of carbonyl (C=O) groups excluding carboxylic acids is 3. The van der Waals surface area contributed by atoms with Crippen LogP contribution < -0.4 is 0 Å². The van der Waals surface area contributed by atoms with Gasteiger partial charge < -0.3 is 14.5 Å². The minimum atomic E-state index is -0.547. The molecule has 1 saturated carbocycles. The molecule has 162 valence electrons. The smallest absolute Gasteiger partial charge is 0.314 e. The van der Waals surface area contributed by atoms with E-state index in [1.165, 1.54) is 44.1 Å². The van der Waals surface area contributed by atoms with Crippen molar-refractivity contribution in [1.29, 1.82) is 0 Å². The normalized spacial score (nSPS) is 23.0. The topological polar surface area (TPSA) is 66.9 Å². The predicted molar refractivity (Wildman–Crippen MR) is 112 cm³/mol. The Morgan fingerprint density at radius 1 is 0.867 bits per heavy atom. The van der Waals surface area contributed by atoms with E-state index in [0.717, 1.165) is 29.9 Å². The molecular formula is C24H32N2O4. The lowest BCUT2D eigenvalue weighted by Crippen LogP contribution is -2.50. The van der Waals surface area contributed by atoms with Gasteiger partial charge in [0.05, 0.1) is 13.0 Å². The molecule has 4 rings (SSSR count). The fourth-order valence-electron chi connectivity index (χ4n) is 5.56. The van der Waals surface area contributed by atoms with Gasteiger partial charge in [-0.05, 0) is 35.8 Å². The summed E-state index contributed by atoms with van der Waals surface area (Å²) >= 11 is 0. The molecule has 0 bridgehead atoms. The summed E-state index contributed by atoms with van der Waals surface area (Å²) < 4.78 is 4.95. The van der Waals surface area contributed by atoms with Crippen LogP contribution in [0, 0.1) is 11.8 Å². The largest absolute Gasteiger partial charge is 0.468 e. The van der Waals surface area contributed by atoms with E-state index in [4.69, 9.17) is 4.74 Å². The Balaban J connectivity index is 1.39. The lowest BCUT2D eigenvalue weighted by Gasteiger charge is -2.38. The molecule has 2 amide bonds. The number of hydrogen-bond acceptors (Lipinski definition) is 4. The van der Waals surface area contributed by atoms with E-state index >= 15 is 0 Å². The van der Waals surface area contributed by atoms with Crippen molar-refractivity contribution in [2.24, 2.45) is 11.8 Å². The first-order chi connectivity index (χ1) is 14.6. The third-order valence-corrected chi connectivity index (χ3v) is 7.29. The molecule has 1 aliphatic carbocycles. The summed E-state index contributed by atoms with van der Waals surface area (Å²) in [4.78, 5) is 41.5. The minimum Gasteiger partial charge on any atom is -0.468 e. The highest BCUT2D eigenvalue weighted by atomic mass is 16.5. The number of methoxy groups -OCH3 is 1. The van der Waals surface area contributed by atoms with Gasteiger partial charge in [-0.1, -0.05) is 56.4 Å². The lowest BCUT2D eigenvalue weighted by molar-refractivity contribution is -0.155. The van der Waals surface area contributed by atoms with Crippen LogP contribution in [0.1, 0.15) is 62.0 Å². The molecule has 0 aromatic heterocycles. The van der Waals surface area contributed by atoms with E-state index in [9.17, 15) is 14.4 Å². The van der Waals surface area contributed by atoms with Crippen molar-refractivity contribution in [3.63, 3.8) is 0 Å². The van der Waals surface area contributed by atoms with Crippen molar-refractivity contribution < 1.29 is 19.1 Å². The second-order valence-corrected chi connectivity index (χ2v) is 8.99. The van der Waals surface area contributed by atoms with Crippen LogP contribution in [0.25, 0.3) is 0 Å². The molecule has 2 heterocycles. The van der Waals surface area contributed by atoms with Crippen molar-refractivity contribution in [3.05, 3.63) is 35.4 Å². The molecule has 3 aliphatic rings. The fraction of sp³-hybridized carbons (Fsp3) is 0.625. The van der Waals surface area contributed by atoms with E-state index in [1.807, 2.05) is 24.3 Å². The summed E-state index contributed by atoms with van der Waals surface area (Å²) in [5.74, 6) is -0.370. The van der Waals surface area contributed by atoms with E-state index in [-0.39, 0.29) is 12.5 Å². The Morgan fingerprint density at radius 3 is 2.20 bits per heavy atom. The van der Waals surface area contributed by atoms with Crippen LogP contribution in [0.2, 0.25) is 0 Å². The van der Waals surface area contributed by atoms with Crippen LogP contribution in [0.5, 0.6) is 0 Å². The highest BCUT2D eigenvalue weighted by Crippen LogP contribution is 2.36. The van der Waals surface area contributed by atoms with Crippen LogP contribution in [0.3, 0.4) is 0 Å². The Labute approximate surface area is 178 Å². The van der Waals surface area contributed by atoms with Crippen LogP contribution >= 0.6 is 0 Å². The van der Waals surface area contributed by atoms with Gasteiger partial charge in [-0.15, -0.1) is 0 Å². The van der Waals surface area contributed by atoms with Crippen molar-refractivity contribution in [3.8, 4) is 0 Å². The predicted octanol–water partition coefficient (Wildman–Crippen LogP) is 3.10. The molecule has 1 atom stereocenters. The zero-order chi connectivity index (χ0) is 21.1. The Morgan fingerprint density at radius 2 is 1.50 bits per heavy atom. The number of amides is 2. The average Bonchev–Trinajstić information content (AvgIpc) is 2.82. The highest BCUT2D eigenvalue weighted by molar-refractivity contribution is 6.35. The van der Waals surface area contributed by atoms with Gasteiger partial charge in [0, 0.05) is 26.2 Å². The molecule has 30 heavy (non-hydrogen) atoms. The van der Waals surface area contributed by atoms with Crippen molar-refractivity contribution in [1.82, 2.24) is 9.80 Å². The number of ether oxygens (including phenoxy) is 1. The first-order valence-electron chi connectivity index (χ1n) is 11.3. The van der Waals surface area contributed by atoms with Crippen LogP contribution in [-0.2, 0) is 25.7 Å². The number of likely N-dealkylation sites (tertiary alicyclic amines) is 1. The maximum atomic E-state index is 13.0. The second kappa shape index (κ2) is 9.19. The molecule has 6 heteroatoms. The minimum absolute atomic E-state index is 0.187. The number of carbonyl (C=O) groups is 3. The summed E-state index contributed by atoms with van der Waals surface area (Å²) in [5, 5.41) is 0. The van der Waals surface area contributed by atoms with Crippen molar-refractivity contribution in [2.45, 2.75) is 57.4 Å². The standard InChI is InChI=1S/C24H32N2O4/c1-30-24(29)21-16-26(15-19-9-5-6-10-20(19)21)23(28)22(27)25-13-11-18(12-14-25)17-7-3-2-4-8-17/h5-6,9-10,17-18,21H,2-4,7-8,11-16H2,1H3. The average molecular weight is 413 g/mol. The summed E-state index contributed by atoms with van der Waals surface area (Å²) in [6.07, 6.45) is 8.65. The fourth-order valence-corrected chi connectivity index (χ4v) is 5.56. The monoisotopic (exact) mass is 412 g/mol. The van der Waals surface area contributed by atoms with E-state index < -0.39 is 17.7 Å². The van der Waals surface area contributed by atoms with Crippen LogP contribution in [0.4, 0.5) is 0 Å². The summed E-state index contributed by atoms with van der Waals surface area (Å²) in [5.41, 5.74) is 1.78. The molecule has 1 aromatic carbocycles. The van der Waals surface area contributed by atoms with Crippen LogP contribution in [0.15, 0.2) is 24.3 Å². The molecule has 0 N–H and O–H groups in total. The zero-order valence-electron chi connectivity index (χ0n) is 17.8. The van der Waals surface area contributed by atoms with Crippen molar-refractivity contribution >= 4 is 17.8 Å². The number of nitrogens with zero attached hydrogens (tertiary/aromatic N) is 2. The first kappa shape index (κ1) is 20.9. The van der Waals surface area contributed by atoms with Gasteiger partial charge >= 0.3 is 17.8 Å². The number of hydrogen-bond donors (Lipinski definition) is 0. The van der Waals surface area contributed by atoms with Gasteiger partial charge in [-0.3, -0.25) is 14.4 Å². The molecule has 0 radical (unpaired) electrons. The molecule has 2 aliphatic heterocycles. The molecule has 1 aromatic rings. The molecule has 1 saturated heterocycles. The lowest BCUT2D eigenvalue weighted by atomic mass is 9.76. The van der Waals surface area contributed by atoms with Crippen molar-refractivity contribution in [2.75, 3.05) is 26.7 Å². The third kappa shape index (κ3) is 4.23. The zero-order valence-corrected chi connectivity index (χ0v) is 17.8. The quantitative estimate of drug-likeness (QED) is 0.553. The Kier molecular flexibility index (Phi) is 6.40. The van der Waals surface area contributed by atoms with E-state index in [2.05, 4.69) is 0 Å². The molecule has 2 fully saturated rings. The molecule has 6 nitrogen and oxygen atoms in total. The molecule has 0 spiro atoms. The summed E-state index contributed by atoms with van der Waals surface area (Å²) in [6.45, 7) is 1.87. The first-order valence-corrected chi connectivity index (χ1v) is 11.3. The van der Waals surface area contributed by atoms with Gasteiger partial charge in [-0.25, -0.2) is 0 Å². The summed E-state index contributed by atoms with van der Waals surface area (Å²) in [6, 6.07) is 7.58. The molecular weight excluding hydrogens is 380 g/mol. The van der Waals surface area contributed by atoms with E-state index in [0.29, 0.717) is 25.6 Å². The number of benzene rings is 1. The van der Waals surface area contributed by atoms with E-state index in [1.54, 1.807) is 4.90 Å². The van der Waals surface area contributed by atoms with Crippen LogP contribution in [-0.4, -0.2) is 54.3 Å². The van der Waals surface area contributed by atoms with Gasteiger partial charge in [0.25, 0.3) is 0 Å². The van der Waals surface area contributed by atoms with Gasteiger partial charge in [0.1, 0.15) is 0 Å². The maximum Gasteiger partial charge on any atom is 0.314 e. The molecule has 1 unspecified atom stereocenters. The third-order valence-electron chi connectivity index (χ3n) is 7.29. The highest BCUT2D eigenvalue weighted by Gasteiger charge is 2.38. The van der Waals surface area contributed by atoms with Gasteiger partial charge in [0.15, 0.2) is 0 Å². The van der Waals surface area contributed by atoms with Gasteiger partial charge in [-0.2, -0.15) is 0 Å². The number of fused-ring (bicyclic) bond motifs is 1. The Bertz CT molecular complexity index is 794. The SMILES string of the molecule is COC(=O)C1CN(C(=O)C(=O)N2CCC(C3CCCCC3)CC2)Cc2ccccc21. The number of esters is 1. The Hall–Kier alpha value is -2.37. The second-order valence-electron chi connectivity index (χ2n) is 8.99. The maximum absolute atomic E-state index is 13.0.